The van der Waals surface area contributed by atoms with Crippen LogP contribution in [0.2, 0.25) is 0 Å². The summed E-state index contributed by atoms with van der Waals surface area (Å²) in [7, 11) is 0. The Hall–Kier alpha value is -3.00. The number of H-pyrrole nitrogens is 1. The summed E-state index contributed by atoms with van der Waals surface area (Å²) in [6, 6.07) is 8.22. The predicted molar refractivity (Wildman–Crippen MR) is 127 cm³/mol. The van der Waals surface area contributed by atoms with Crippen molar-refractivity contribution in [2.24, 2.45) is 11.8 Å². The van der Waals surface area contributed by atoms with E-state index < -0.39 is 0 Å². The van der Waals surface area contributed by atoms with Crippen LogP contribution in [-0.4, -0.2) is 67.9 Å². The van der Waals surface area contributed by atoms with Gasteiger partial charge in [-0.2, -0.15) is 0 Å². The molecule has 2 aliphatic rings. The minimum atomic E-state index is -0.0104. The summed E-state index contributed by atoms with van der Waals surface area (Å²) in [5.41, 5.74) is 2.37. The van der Waals surface area contributed by atoms with Gasteiger partial charge in [-0.15, -0.1) is 0 Å². The Kier molecular flexibility index (Phi) is 6.26. The normalized spacial score (nSPS) is 19.7. The zero-order valence-electron chi connectivity index (χ0n) is 19.2. The molecule has 0 aliphatic carbocycles. The molecule has 2 fully saturated rings. The van der Waals surface area contributed by atoms with Crippen LogP contribution >= 0.6 is 0 Å². The van der Waals surface area contributed by atoms with Gasteiger partial charge < -0.3 is 14.8 Å². The molecule has 8 heteroatoms. The number of imidazole rings is 1. The van der Waals surface area contributed by atoms with E-state index in [1.54, 1.807) is 18.6 Å². The van der Waals surface area contributed by atoms with Crippen LogP contribution in [0.4, 0.5) is 0 Å². The van der Waals surface area contributed by atoms with Gasteiger partial charge >= 0.3 is 5.69 Å². The molecule has 2 aliphatic heterocycles. The maximum absolute atomic E-state index is 12.6. The molecular formula is C25H32N6O2. The van der Waals surface area contributed by atoms with Crippen LogP contribution in [0.15, 0.2) is 47.7 Å². The first kappa shape index (κ1) is 21.8. The van der Waals surface area contributed by atoms with Crippen molar-refractivity contribution in [3.05, 3.63) is 59.0 Å². The second-order valence-corrected chi connectivity index (χ2v) is 9.55. The predicted octanol–water partition coefficient (Wildman–Crippen LogP) is 2.95. The van der Waals surface area contributed by atoms with E-state index in [2.05, 4.69) is 26.8 Å². The minimum Gasteiger partial charge on any atom is -0.337 e. The van der Waals surface area contributed by atoms with Crippen molar-refractivity contribution >= 4 is 16.9 Å². The lowest BCUT2D eigenvalue weighted by Crippen LogP contribution is -2.43. The van der Waals surface area contributed by atoms with Gasteiger partial charge in [0.25, 0.3) is 5.91 Å². The van der Waals surface area contributed by atoms with Gasteiger partial charge in [-0.1, -0.05) is 19.1 Å². The molecule has 0 saturated carbocycles. The molecule has 1 aromatic carbocycles. The number of aromatic amines is 1. The Morgan fingerprint density at radius 2 is 1.85 bits per heavy atom. The molecule has 0 spiro atoms. The molecule has 0 radical (unpaired) electrons. The first-order valence-corrected chi connectivity index (χ1v) is 12.1. The Morgan fingerprint density at radius 1 is 1.09 bits per heavy atom. The van der Waals surface area contributed by atoms with Crippen molar-refractivity contribution in [1.29, 1.82) is 0 Å². The molecule has 5 rings (SSSR count). The molecule has 1 N–H and O–H groups in total. The van der Waals surface area contributed by atoms with Gasteiger partial charge in [0.2, 0.25) is 0 Å². The standard InChI is InChI=1S/C25H32N6O2/c1-18(19-6-14-30(15-7-19)24(32)22-16-26-10-11-27-22)17-29-12-8-20(9-13-29)31-23-5-3-2-4-21(23)28-25(31)33/h2-5,10-11,16,18-20H,6-9,12-15,17H2,1H3,(H,28,33). The molecular weight excluding hydrogens is 416 g/mol. The molecule has 1 amide bonds. The highest BCUT2D eigenvalue weighted by molar-refractivity contribution is 5.92. The Labute approximate surface area is 193 Å². The number of amides is 1. The van der Waals surface area contributed by atoms with Gasteiger partial charge in [0, 0.05) is 51.2 Å². The second-order valence-electron chi connectivity index (χ2n) is 9.55. The third-order valence-corrected chi connectivity index (χ3v) is 7.51. The molecule has 1 unspecified atom stereocenters. The van der Waals surface area contributed by atoms with Gasteiger partial charge in [0.15, 0.2) is 0 Å². The van der Waals surface area contributed by atoms with Crippen LogP contribution in [0.3, 0.4) is 0 Å². The first-order chi connectivity index (χ1) is 16.1. The number of carbonyl (C=O) groups is 1. The average Bonchev–Trinajstić information content (AvgIpc) is 3.20. The monoisotopic (exact) mass is 448 g/mol. The number of hydrogen-bond acceptors (Lipinski definition) is 5. The van der Waals surface area contributed by atoms with Gasteiger partial charge in [-0.25, -0.2) is 9.78 Å². The van der Waals surface area contributed by atoms with E-state index in [1.165, 1.54) is 0 Å². The fourth-order valence-electron chi connectivity index (χ4n) is 5.60. The van der Waals surface area contributed by atoms with Crippen LogP contribution in [0.25, 0.3) is 11.0 Å². The molecule has 33 heavy (non-hydrogen) atoms. The summed E-state index contributed by atoms with van der Waals surface area (Å²) in [4.78, 5) is 40.8. The van der Waals surface area contributed by atoms with Crippen LogP contribution in [0.5, 0.6) is 0 Å². The van der Waals surface area contributed by atoms with E-state index in [1.807, 2.05) is 33.7 Å². The Balaban J connectivity index is 1.12. The molecule has 174 valence electrons. The maximum Gasteiger partial charge on any atom is 0.326 e. The Morgan fingerprint density at radius 3 is 2.58 bits per heavy atom. The molecule has 2 saturated heterocycles. The molecule has 3 aromatic rings. The summed E-state index contributed by atoms with van der Waals surface area (Å²) in [6.45, 7) is 7.04. The SMILES string of the molecule is CC(CN1CCC(n2c(=O)[nH]c3ccccc32)CC1)C1CCN(C(=O)c2cnccn2)CC1. The van der Waals surface area contributed by atoms with Crippen molar-refractivity contribution in [3.63, 3.8) is 0 Å². The zero-order valence-corrected chi connectivity index (χ0v) is 19.2. The molecule has 4 heterocycles. The number of hydrogen-bond donors (Lipinski definition) is 1. The molecule has 0 bridgehead atoms. The van der Waals surface area contributed by atoms with Crippen LogP contribution in [0, 0.1) is 11.8 Å². The zero-order chi connectivity index (χ0) is 22.8. The number of aromatic nitrogens is 4. The number of para-hydroxylation sites is 2. The van der Waals surface area contributed by atoms with Crippen molar-refractivity contribution in [3.8, 4) is 0 Å². The van der Waals surface area contributed by atoms with E-state index in [-0.39, 0.29) is 17.6 Å². The summed E-state index contributed by atoms with van der Waals surface area (Å²) in [6.07, 6.45) is 8.78. The first-order valence-electron chi connectivity index (χ1n) is 12.1. The third kappa shape index (κ3) is 4.57. The van der Waals surface area contributed by atoms with Crippen molar-refractivity contribution < 1.29 is 4.79 Å². The number of carbonyl (C=O) groups excluding carboxylic acids is 1. The number of nitrogens with zero attached hydrogens (tertiary/aromatic N) is 5. The summed E-state index contributed by atoms with van der Waals surface area (Å²) in [5, 5.41) is 0. The summed E-state index contributed by atoms with van der Waals surface area (Å²) < 4.78 is 1.96. The maximum atomic E-state index is 12.6. The highest BCUT2D eigenvalue weighted by Crippen LogP contribution is 2.29. The van der Waals surface area contributed by atoms with Crippen molar-refractivity contribution in [2.45, 2.75) is 38.6 Å². The number of likely N-dealkylation sites (tertiary alicyclic amines) is 2. The van der Waals surface area contributed by atoms with E-state index in [0.29, 0.717) is 17.5 Å². The lowest BCUT2D eigenvalue weighted by atomic mass is 9.84. The highest BCUT2D eigenvalue weighted by atomic mass is 16.2. The quantitative estimate of drug-likeness (QED) is 0.649. The van der Waals surface area contributed by atoms with Gasteiger partial charge in [-0.3, -0.25) is 14.3 Å². The van der Waals surface area contributed by atoms with Gasteiger partial charge in [0.05, 0.1) is 17.2 Å². The van der Waals surface area contributed by atoms with Gasteiger partial charge in [-0.05, 0) is 49.7 Å². The summed E-state index contributed by atoms with van der Waals surface area (Å²) >= 11 is 0. The van der Waals surface area contributed by atoms with Crippen LogP contribution in [-0.2, 0) is 0 Å². The van der Waals surface area contributed by atoms with Crippen LogP contribution < -0.4 is 5.69 Å². The number of rotatable bonds is 5. The number of benzene rings is 1. The average molecular weight is 449 g/mol. The Bertz CT molecular complexity index is 1140. The summed E-state index contributed by atoms with van der Waals surface area (Å²) in [5.74, 6) is 1.21. The second kappa shape index (κ2) is 9.47. The number of piperidine rings is 2. The molecule has 8 nitrogen and oxygen atoms in total. The van der Waals surface area contributed by atoms with E-state index in [4.69, 9.17) is 0 Å². The van der Waals surface area contributed by atoms with Crippen molar-refractivity contribution in [2.75, 3.05) is 32.7 Å². The van der Waals surface area contributed by atoms with Gasteiger partial charge in [0.1, 0.15) is 5.69 Å². The fourth-order valence-corrected chi connectivity index (χ4v) is 5.60. The van der Waals surface area contributed by atoms with E-state index >= 15 is 0 Å². The molecule has 1 atom stereocenters. The highest BCUT2D eigenvalue weighted by Gasteiger charge is 2.30. The van der Waals surface area contributed by atoms with Crippen molar-refractivity contribution in [1.82, 2.24) is 29.3 Å². The lowest BCUT2D eigenvalue weighted by Gasteiger charge is -2.38. The largest absolute Gasteiger partial charge is 0.337 e. The number of fused-ring (bicyclic) bond motifs is 1. The van der Waals surface area contributed by atoms with Crippen LogP contribution in [0.1, 0.15) is 49.1 Å². The van der Waals surface area contributed by atoms with E-state index in [0.717, 1.165) is 69.4 Å². The topological polar surface area (TPSA) is 87.1 Å². The molecule has 2 aromatic heterocycles. The fraction of sp³-hybridized carbons (Fsp3) is 0.520. The third-order valence-electron chi connectivity index (χ3n) is 7.51. The number of nitrogens with one attached hydrogen (secondary N) is 1. The smallest absolute Gasteiger partial charge is 0.326 e. The minimum absolute atomic E-state index is 0.00538. The van der Waals surface area contributed by atoms with E-state index in [9.17, 15) is 9.59 Å². The lowest BCUT2D eigenvalue weighted by molar-refractivity contribution is 0.0626.